The Morgan fingerprint density at radius 1 is 1.27 bits per heavy atom. The lowest BCUT2D eigenvalue weighted by Crippen LogP contribution is -2.06. The fraction of sp³-hybridized carbons (Fsp3) is 0.176. The van der Waals surface area contributed by atoms with Gasteiger partial charge in [-0.1, -0.05) is 42.1 Å². The van der Waals surface area contributed by atoms with Crippen LogP contribution in [0.5, 0.6) is 0 Å². The van der Waals surface area contributed by atoms with Crippen molar-refractivity contribution in [1.29, 1.82) is 0 Å². The number of benzene rings is 1. The van der Waals surface area contributed by atoms with Crippen molar-refractivity contribution in [2.45, 2.75) is 11.6 Å². The average molecular weight is 310 g/mol. The molecule has 1 aromatic heterocycles. The lowest BCUT2D eigenvalue weighted by atomic mass is 10.0. The molecule has 0 fully saturated rings. The lowest BCUT2D eigenvalue weighted by Gasteiger charge is -2.00. The summed E-state index contributed by atoms with van der Waals surface area (Å²) in [6.45, 7) is 0. The number of rotatable bonds is 4. The Labute approximate surface area is 132 Å². The van der Waals surface area contributed by atoms with E-state index >= 15 is 0 Å². The van der Waals surface area contributed by atoms with E-state index in [4.69, 9.17) is 0 Å². The molecule has 0 bridgehead atoms. The van der Waals surface area contributed by atoms with E-state index in [1.807, 2.05) is 30.5 Å². The van der Waals surface area contributed by atoms with Gasteiger partial charge in [0.1, 0.15) is 0 Å². The van der Waals surface area contributed by atoms with Gasteiger partial charge in [-0.25, -0.2) is 9.97 Å². The summed E-state index contributed by atoms with van der Waals surface area (Å²) in [4.78, 5) is 32.5. The second kappa shape index (κ2) is 6.23. The molecule has 3 rings (SSSR count). The minimum absolute atomic E-state index is 0.0774. The maximum atomic E-state index is 12.2. The zero-order chi connectivity index (χ0) is 15.5. The van der Waals surface area contributed by atoms with Crippen molar-refractivity contribution in [3.8, 4) is 0 Å². The highest BCUT2D eigenvalue weighted by atomic mass is 32.2. The van der Waals surface area contributed by atoms with Gasteiger partial charge in [-0.05, 0) is 24.3 Å². The molecule has 1 aliphatic rings. The maximum absolute atomic E-state index is 12.2. The van der Waals surface area contributed by atoms with Crippen LogP contribution in [-0.4, -0.2) is 27.8 Å². The highest BCUT2D eigenvalue weighted by Crippen LogP contribution is 2.27. The Hall–Kier alpha value is -2.27. The summed E-state index contributed by atoms with van der Waals surface area (Å²) >= 11 is 1.42. The van der Waals surface area contributed by atoms with Crippen molar-refractivity contribution >= 4 is 23.3 Å². The van der Waals surface area contributed by atoms with Crippen LogP contribution in [0.3, 0.4) is 0 Å². The first-order valence-electron chi connectivity index (χ1n) is 6.89. The molecule has 1 atom stereocenters. The molecule has 1 aromatic carbocycles. The number of carbonyl (C=O) groups excluding carboxylic acids is 2. The lowest BCUT2D eigenvalue weighted by molar-refractivity contribution is 0.0960. The molecule has 0 amide bonds. The predicted octanol–water partition coefficient (Wildman–Crippen LogP) is 2.99. The summed E-state index contributed by atoms with van der Waals surface area (Å²) in [6.07, 6.45) is 8.69. The number of allylic oxidation sites excluding steroid dienone is 2. The third kappa shape index (κ3) is 2.85. The monoisotopic (exact) mass is 310 g/mol. The summed E-state index contributed by atoms with van der Waals surface area (Å²) in [5, 5.41) is 0.627. The highest BCUT2D eigenvalue weighted by molar-refractivity contribution is 7.98. The average Bonchev–Trinajstić information content (AvgIpc) is 2.89. The standard InChI is InChI=1S/C17H14N2O2S/c1-22-17-18-9-13(10-19-17)15(20)7-6-12-8-11-4-2-3-5-14(11)16(12)21/h2-7,9-10,12H,8H2,1H3/b7-6+. The summed E-state index contributed by atoms with van der Waals surface area (Å²) in [5.74, 6) is -0.363. The third-order valence-electron chi connectivity index (χ3n) is 3.63. The quantitative estimate of drug-likeness (QED) is 0.376. The minimum Gasteiger partial charge on any atom is -0.293 e. The van der Waals surface area contributed by atoms with Gasteiger partial charge in [0.05, 0.1) is 5.56 Å². The fourth-order valence-corrected chi connectivity index (χ4v) is 2.79. The Kier molecular flexibility index (Phi) is 4.15. The zero-order valence-electron chi connectivity index (χ0n) is 12.0. The minimum atomic E-state index is -0.257. The molecule has 0 aliphatic heterocycles. The van der Waals surface area contributed by atoms with Crippen LogP contribution < -0.4 is 0 Å². The van der Waals surface area contributed by atoms with Gasteiger partial charge in [-0.15, -0.1) is 0 Å². The molecule has 110 valence electrons. The van der Waals surface area contributed by atoms with Gasteiger partial charge in [0.15, 0.2) is 16.7 Å². The molecular formula is C17H14N2O2S. The largest absolute Gasteiger partial charge is 0.293 e. The van der Waals surface area contributed by atoms with E-state index in [1.165, 1.54) is 30.2 Å². The Balaban J connectivity index is 1.72. The van der Waals surface area contributed by atoms with Crippen LogP contribution >= 0.6 is 11.8 Å². The van der Waals surface area contributed by atoms with E-state index in [-0.39, 0.29) is 17.5 Å². The molecule has 1 heterocycles. The van der Waals surface area contributed by atoms with Crippen LogP contribution in [0.15, 0.2) is 54.0 Å². The van der Waals surface area contributed by atoms with E-state index in [1.54, 1.807) is 6.08 Å². The molecule has 22 heavy (non-hydrogen) atoms. The smallest absolute Gasteiger partial charge is 0.188 e. The van der Waals surface area contributed by atoms with Crippen LogP contribution in [0.25, 0.3) is 0 Å². The number of Topliss-reactive ketones (excluding diaryl/α,β-unsaturated/α-hetero) is 1. The number of thioether (sulfide) groups is 1. The van der Waals surface area contributed by atoms with Gasteiger partial charge in [-0.2, -0.15) is 0 Å². The second-order valence-corrected chi connectivity index (χ2v) is 5.79. The van der Waals surface area contributed by atoms with E-state index in [0.717, 1.165) is 11.1 Å². The first-order chi connectivity index (χ1) is 10.7. The van der Waals surface area contributed by atoms with Gasteiger partial charge in [0.25, 0.3) is 0 Å². The summed E-state index contributed by atoms with van der Waals surface area (Å²) in [7, 11) is 0. The van der Waals surface area contributed by atoms with Crippen molar-refractivity contribution < 1.29 is 9.59 Å². The number of carbonyl (C=O) groups is 2. The Morgan fingerprint density at radius 2 is 2.00 bits per heavy atom. The fourth-order valence-electron chi connectivity index (χ4n) is 2.47. The number of ketones is 2. The normalized spacial score (nSPS) is 17.0. The summed E-state index contributed by atoms with van der Waals surface area (Å²) in [5.41, 5.74) is 2.23. The summed E-state index contributed by atoms with van der Waals surface area (Å²) < 4.78 is 0. The van der Waals surface area contributed by atoms with Gasteiger partial charge >= 0.3 is 0 Å². The van der Waals surface area contributed by atoms with Crippen molar-refractivity contribution in [3.63, 3.8) is 0 Å². The molecule has 2 aromatic rings. The van der Waals surface area contributed by atoms with E-state index in [2.05, 4.69) is 9.97 Å². The van der Waals surface area contributed by atoms with Gasteiger partial charge in [-0.3, -0.25) is 9.59 Å². The second-order valence-electron chi connectivity index (χ2n) is 5.01. The van der Waals surface area contributed by atoms with Crippen LogP contribution in [0.1, 0.15) is 26.3 Å². The first kappa shape index (κ1) is 14.7. The molecule has 4 nitrogen and oxygen atoms in total. The van der Waals surface area contributed by atoms with Crippen LogP contribution in [-0.2, 0) is 6.42 Å². The van der Waals surface area contributed by atoms with Crippen molar-refractivity contribution in [2.75, 3.05) is 6.26 Å². The molecule has 1 aliphatic carbocycles. The van der Waals surface area contributed by atoms with E-state index in [9.17, 15) is 9.59 Å². The molecule has 0 saturated carbocycles. The molecule has 5 heteroatoms. The summed E-state index contributed by atoms with van der Waals surface area (Å²) in [6, 6.07) is 7.58. The predicted molar refractivity (Wildman–Crippen MR) is 85.3 cm³/mol. The third-order valence-corrected chi connectivity index (χ3v) is 4.21. The SMILES string of the molecule is CSc1ncc(C(=O)/C=C/C2Cc3ccccc3C2=O)cn1. The molecule has 0 spiro atoms. The molecular weight excluding hydrogens is 296 g/mol. The van der Waals surface area contributed by atoms with Crippen molar-refractivity contribution in [2.24, 2.45) is 5.92 Å². The molecule has 0 saturated heterocycles. The number of aromatic nitrogens is 2. The van der Waals surface area contributed by atoms with Crippen LogP contribution in [0.2, 0.25) is 0 Å². The van der Waals surface area contributed by atoms with Crippen LogP contribution in [0, 0.1) is 5.92 Å². The Bertz CT molecular complexity index is 754. The zero-order valence-corrected chi connectivity index (χ0v) is 12.8. The number of fused-ring (bicyclic) bond motifs is 1. The van der Waals surface area contributed by atoms with Crippen LogP contribution in [0.4, 0.5) is 0 Å². The topological polar surface area (TPSA) is 59.9 Å². The molecule has 0 N–H and O–H groups in total. The van der Waals surface area contributed by atoms with Gasteiger partial charge in [0, 0.05) is 23.9 Å². The maximum Gasteiger partial charge on any atom is 0.188 e. The Morgan fingerprint density at radius 3 is 2.68 bits per heavy atom. The van der Waals surface area contributed by atoms with E-state index in [0.29, 0.717) is 17.1 Å². The van der Waals surface area contributed by atoms with Gasteiger partial charge in [0.2, 0.25) is 0 Å². The molecule has 0 radical (unpaired) electrons. The number of nitrogens with zero attached hydrogens (tertiary/aromatic N) is 2. The van der Waals surface area contributed by atoms with Crippen molar-refractivity contribution in [1.82, 2.24) is 9.97 Å². The number of hydrogen-bond donors (Lipinski definition) is 0. The van der Waals surface area contributed by atoms with Gasteiger partial charge < -0.3 is 0 Å². The molecule has 1 unspecified atom stereocenters. The first-order valence-corrected chi connectivity index (χ1v) is 8.12. The van der Waals surface area contributed by atoms with Crippen molar-refractivity contribution in [3.05, 3.63) is 65.5 Å². The highest BCUT2D eigenvalue weighted by Gasteiger charge is 2.28. The number of hydrogen-bond acceptors (Lipinski definition) is 5. The van der Waals surface area contributed by atoms with E-state index < -0.39 is 0 Å².